The number of halogens is 1. The normalized spacial score (nSPS) is 12.2. The topological polar surface area (TPSA) is 66.5 Å². The molecule has 5 nitrogen and oxygen atoms in total. The van der Waals surface area contributed by atoms with E-state index in [0.717, 1.165) is 11.1 Å². The van der Waals surface area contributed by atoms with E-state index in [1.807, 2.05) is 6.92 Å². The molecule has 7 heteroatoms. The number of amides is 1. The van der Waals surface area contributed by atoms with E-state index < -0.39 is 10.0 Å². The fourth-order valence-electron chi connectivity index (χ4n) is 3.03. The molecule has 1 atom stereocenters. The molecule has 0 unspecified atom stereocenters. The molecule has 0 spiro atoms. The summed E-state index contributed by atoms with van der Waals surface area (Å²) in [5.41, 5.74) is 2.07. The largest absolute Gasteiger partial charge is 0.349 e. The van der Waals surface area contributed by atoms with Crippen LogP contribution in [-0.4, -0.2) is 21.4 Å². The monoisotopic (exact) mass is 426 g/mol. The molecule has 0 aliphatic carbocycles. The molecule has 3 aromatic rings. The number of benzene rings is 3. The quantitative estimate of drug-likeness (QED) is 0.619. The van der Waals surface area contributed by atoms with Crippen LogP contribution in [0.25, 0.3) is 0 Å². The number of hydrogen-bond acceptors (Lipinski definition) is 3. The van der Waals surface area contributed by atoms with Crippen LogP contribution in [0, 0.1) is 5.82 Å². The van der Waals surface area contributed by atoms with E-state index in [-0.39, 0.29) is 29.1 Å². The van der Waals surface area contributed by atoms with E-state index in [4.69, 9.17) is 0 Å². The van der Waals surface area contributed by atoms with Gasteiger partial charge in [-0.3, -0.25) is 9.10 Å². The highest BCUT2D eigenvalue weighted by Crippen LogP contribution is 2.22. The fraction of sp³-hybridized carbons (Fsp3) is 0.174. The van der Waals surface area contributed by atoms with Crippen LogP contribution in [0.1, 0.15) is 24.1 Å². The van der Waals surface area contributed by atoms with Crippen LogP contribution < -0.4 is 9.62 Å². The Bertz CT molecular complexity index is 1100. The molecule has 0 fully saturated rings. The molecule has 3 aromatic carbocycles. The molecule has 0 aromatic heterocycles. The van der Waals surface area contributed by atoms with Gasteiger partial charge in [-0.1, -0.05) is 42.5 Å². The van der Waals surface area contributed by atoms with Gasteiger partial charge in [0.2, 0.25) is 5.91 Å². The van der Waals surface area contributed by atoms with Crippen LogP contribution in [0.15, 0.2) is 83.8 Å². The maximum absolute atomic E-state index is 13.0. The van der Waals surface area contributed by atoms with Gasteiger partial charge >= 0.3 is 0 Å². The van der Waals surface area contributed by atoms with Crippen molar-refractivity contribution in [1.29, 1.82) is 0 Å². The highest BCUT2D eigenvalue weighted by Gasteiger charge is 2.21. The minimum atomic E-state index is -3.65. The summed E-state index contributed by atoms with van der Waals surface area (Å²) in [6, 6.07) is 20.8. The predicted molar refractivity (Wildman–Crippen MR) is 115 cm³/mol. The first kappa shape index (κ1) is 21.5. The lowest BCUT2D eigenvalue weighted by molar-refractivity contribution is -0.121. The lowest BCUT2D eigenvalue weighted by Crippen LogP contribution is -2.28. The fourth-order valence-corrected chi connectivity index (χ4v) is 4.24. The van der Waals surface area contributed by atoms with Crippen LogP contribution >= 0.6 is 0 Å². The van der Waals surface area contributed by atoms with Crippen molar-refractivity contribution in [2.24, 2.45) is 0 Å². The predicted octanol–water partition coefficient (Wildman–Crippen LogP) is 4.07. The zero-order chi connectivity index (χ0) is 21.7. The molecule has 3 rings (SSSR count). The second-order valence-electron chi connectivity index (χ2n) is 6.97. The Balaban J connectivity index is 1.64. The van der Waals surface area contributed by atoms with E-state index in [0.29, 0.717) is 5.69 Å². The first-order chi connectivity index (χ1) is 14.3. The zero-order valence-electron chi connectivity index (χ0n) is 16.7. The second kappa shape index (κ2) is 9.09. The first-order valence-electron chi connectivity index (χ1n) is 9.45. The third-order valence-electron chi connectivity index (χ3n) is 4.81. The number of sulfonamides is 1. The lowest BCUT2D eigenvalue weighted by Gasteiger charge is -2.20. The van der Waals surface area contributed by atoms with E-state index in [1.165, 1.54) is 23.5 Å². The van der Waals surface area contributed by atoms with Gasteiger partial charge in [-0.25, -0.2) is 12.8 Å². The van der Waals surface area contributed by atoms with Crippen LogP contribution in [0.3, 0.4) is 0 Å². The Kier molecular flexibility index (Phi) is 6.52. The van der Waals surface area contributed by atoms with Crippen molar-refractivity contribution in [2.45, 2.75) is 24.3 Å². The van der Waals surface area contributed by atoms with Crippen molar-refractivity contribution in [1.82, 2.24) is 5.32 Å². The average Bonchev–Trinajstić information content (AvgIpc) is 2.74. The summed E-state index contributed by atoms with van der Waals surface area (Å²) in [6.45, 7) is 1.83. The highest BCUT2D eigenvalue weighted by molar-refractivity contribution is 7.92. The smallest absolute Gasteiger partial charge is 0.264 e. The molecule has 156 valence electrons. The molecule has 0 aliphatic heterocycles. The van der Waals surface area contributed by atoms with Gasteiger partial charge in [-0.15, -0.1) is 0 Å². The molecule has 0 bridgehead atoms. The molecular weight excluding hydrogens is 403 g/mol. The summed E-state index contributed by atoms with van der Waals surface area (Å²) < 4.78 is 39.7. The molecule has 0 saturated heterocycles. The molecular formula is C23H23FN2O3S. The van der Waals surface area contributed by atoms with E-state index >= 15 is 0 Å². The van der Waals surface area contributed by atoms with Gasteiger partial charge in [-0.2, -0.15) is 0 Å². The molecule has 0 aliphatic rings. The third-order valence-corrected chi connectivity index (χ3v) is 6.61. The molecule has 0 saturated carbocycles. The minimum Gasteiger partial charge on any atom is -0.349 e. The zero-order valence-corrected chi connectivity index (χ0v) is 17.6. The molecule has 1 N–H and O–H groups in total. The standard InChI is InChI=1S/C23H23FN2O3S/c1-17(19-10-12-20(24)13-11-19)25-23(27)16-18-8-14-21(15-9-18)26(2)30(28,29)22-6-4-3-5-7-22/h3-15,17H,16H2,1-2H3,(H,25,27)/t17-/m0/s1. The van der Waals surface area contributed by atoms with Crippen LogP contribution in [-0.2, 0) is 21.2 Å². The van der Waals surface area contributed by atoms with Crippen molar-refractivity contribution in [3.8, 4) is 0 Å². The first-order valence-corrected chi connectivity index (χ1v) is 10.9. The molecule has 30 heavy (non-hydrogen) atoms. The summed E-state index contributed by atoms with van der Waals surface area (Å²) >= 11 is 0. The Labute approximate surface area is 176 Å². The molecule has 0 heterocycles. The number of carbonyl (C=O) groups is 1. The van der Waals surface area contributed by atoms with Gasteiger partial charge < -0.3 is 5.32 Å². The summed E-state index contributed by atoms with van der Waals surface area (Å²) in [6.07, 6.45) is 0.154. The SMILES string of the molecule is C[C@H](NC(=O)Cc1ccc(N(C)S(=O)(=O)c2ccccc2)cc1)c1ccc(F)cc1. The van der Waals surface area contributed by atoms with E-state index in [1.54, 1.807) is 66.7 Å². The number of carbonyl (C=O) groups excluding carboxylic acids is 1. The Morgan fingerprint density at radius 1 is 0.967 bits per heavy atom. The number of rotatable bonds is 7. The average molecular weight is 427 g/mol. The van der Waals surface area contributed by atoms with Gasteiger partial charge in [0, 0.05) is 7.05 Å². The van der Waals surface area contributed by atoms with Gasteiger partial charge in [0.15, 0.2) is 0 Å². The summed E-state index contributed by atoms with van der Waals surface area (Å²) in [4.78, 5) is 12.5. The van der Waals surface area contributed by atoms with Crippen molar-refractivity contribution in [2.75, 3.05) is 11.4 Å². The van der Waals surface area contributed by atoms with Gasteiger partial charge in [0.1, 0.15) is 5.82 Å². The van der Waals surface area contributed by atoms with Crippen LogP contribution in [0.2, 0.25) is 0 Å². The highest BCUT2D eigenvalue weighted by atomic mass is 32.2. The van der Waals surface area contributed by atoms with Crippen molar-refractivity contribution in [3.63, 3.8) is 0 Å². The maximum atomic E-state index is 13.0. The number of nitrogens with one attached hydrogen (secondary N) is 1. The molecule has 1 amide bonds. The van der Waals surface area contributed by atoms with Crippen molar-refractivity contribution < 1.29 is 17.6 Å². The van der Waals surface area contributed by atoms with E-state index in [9.17, 15) is 17.6 Å². The Morgan fingerprint density at radius 3 is 2.17 bits per heavy atom. The molecule has 0 radical (unpaired) electrons. The maximum Gasteiger partial charge on any atom is 0.264 e. The Hall–Kier alpha value is -3.19. The van der Waals surface area contributed by atoms with Gasteiger partial charge in [0.05, 0.1) is 23.0 Å². The third kappa shape index (κ3) is 5.04. The lowest BCUT2D eigenvalue weighted by atomic mass is 10.1. The van der Waals surface area contributed by atoms with Crippen LogP contribution in [0.5, 0.6) is 0 Å². The summed E-state index contributed by atoms with van der Waals surface area (Å²) in [5.74, 6) is -0.499. The summed E-state index contributed by atoms with van der Waals surface area (Å²) in [5, 5.41) is 2.88. The second-order valence-corrected chi connectivity index (χ2v) is 8.94. The number of hydrogen-bond donors (Lipinski definition) is 1. The van der Waals surface area contributed by atoms with Crippen LogP contribution in [0.4, 0.5) is 10.1 Å². The van der Waals surface area contributed by atoms with Crippen molar-refractivity contribution >= 4 is 21.6 Å². The van der Waals surface area contributed by atoms with E-state index in [2.05, 4.69) is 5.32 Å². The van der Waals surface area contributed by atoms with Gasteiger partial charge in [-0.05, 0) is 54.4 Å². The minimum absolute atomic E-state index is 0.154. The van der Waals surface area contributed by atoms with Gasteiger partial charge in [0.25, 0.3) is 10.0 Å². The van der Waals surface area contributed by atoms with Crippen molar-refractivity contribution in [3.05, 3.63) is 95.8 Å². The summed E-state index contributed by atoms with van der Waals surface area (Å²) in [7, 11) is -2.16. The Morgan fingerprint density at radius 2 is 1.57 bits per heavy atom. The number of anilines is 1. The number of nitrogens with zero attached hydrogens (tertiary/aromatic N) is 1.